The largest absolute Gasteiger partial charge is 0.573 e. The third-order valence-corrected chi connectivity index (χ3v) is 4.10. The van der Waals surface area contributed by atoms with Gasteiger partial charge in [0.1, 0.15) is 5.75 Å². The van der Waals surface area contributed by atoms with Gasteiger partial charge in [0.2, 0.25) is 0 Å². The van der Waals surface area contributed by atoms with Crippen molar-refractivity contribution in [3.05, 3.63) is 65.7 Å². The molecular weight excluding hydrogens is 345 g/mol. The van der Waals surface area contributed by atoms with Crippen LogP contribution < -0.4 is 4.74 Å². The van der Waals surface area contributed by atoms with E-state index in [9.17, 15) is 23.1 Å². The highest BCUT2D eigenvalue weighted by atomic mass is 19.4. The molecule has 0 aliphatic carbocycles. The number of carbonyl (C=O) groups is 1. The predicted octanol–water partition coefficient (Wildman–Crippen LogP) is 5.24. The number of aliphatic carboxylic acids is 1. The Labute approximate surface area is 150 Å². The Morgan fingerprint density at radius 2 is 1.62 bits per heavy atom. The van der Waals surface area contributed by atoms with Gasteiger partial charge in [-0.2, -0.15) is 0 Å². The van der Waals surface area contributed by atoms with Crippen molar-refractivity contribution < 1.29 is 27.8 Å². The third-order valence-electron chi connectivity index (χ3n) is 4.10. The molecule has 26 heavy (non-hydrogen) atoms. The number of carboxylic acid groups (broad SMARTS) is 1. The summed E-state index contributed by atoms with van der Waals surface area (Å²) < 4.78 is 40.3. The number of hydrogen-bond donors (Lipinski definition) is 1. The second-order valence-electron chi connectivity index (χ2n) is 6.16. The molecule has 0 aromatic heterocycles. The van der Waals surface area contributed by atoms with E-state index in [1.165, 1.54) is 29.8 Å². The average molecular weight is 366 g/mol. The van der Waals surface area contributed by atoms with Crippen LogP contribution in [0.2, 0.25) is 0 Å². The molecule has 0 amide bonds. The van der Waals surface area contributed by atoms with Gasteiger partial charge in [-0.25, -0.2) is 0 Å². The molecule has 3 nitrogen and oxygen atoms in total. The molecular formula is C20H21F3O3. The zero-order valence-corrected chi connectivity index (χ0v) is 14.2. The number of halogens is 3. The Balaban J connectivity index is 1.82. The summed E-state index contributed by atoms with van der Waals surface area (Å²) in [5.41, 5.74) is 1.90. The number of hydrogen-bond acceptors (Lipinski definition) is 2. The second-order valence-corrected chi connectivity index (χ2v) is 6.16. The van der Waals surface area contributed by atoms with E-state index in [-0.39, 0.29) is 12.2 Å². The lowest BCUT2D eigenvalue weighted by Crippen LogP contribution is -2.18. The number of unbranched alkanes of at least 4 members (excludes halogenated alkanes) is 1. The quantitative estimate of drug-likeness (QED) is 0.617. The molecule has 6 heteroatoms. The number of ether oxygens (including phenoxy) is 1. The van der Waals surface area contributed by atoms with Crippen molar-refractivity contribution >= 4 is 5.97 Å². The van der Waals surface area contributed by atoms with Crippen LogP contribution in [-0.2, 0) is 17.6 Å². The second kappa shape index (κ2) is 9.27. The van der Waals surface area contributed by atoms with Crippen molar-refractivity contribution in [1.82, 2.24) is 0 Å². The number of alkyl halides is 3. The molecule has 140 valence electrons. The maximum Gasteiger partial charge on any atom is 0.573 e. The van der Waals surface area contributed by atoms with Crippen molar-refractivity contribution in [2.75, 3.05) is 0 Å². The predicted molar refractivity (Wildman–Crippen MR) is 92.0 cm³/mol. The fraction of sp³-hybridized carbons (Fsp3) is 0.350. The Morgan fingerprint density at radius 3 is 2.19 bits per heavy atom. The van der Waals surface area contributed by atoms with E-state index >= 15 is 0 Å². The van der Waals surface area contributed by atoms with E-state index in [0.29, 0.717) is 12.0 Å². The van der Waals surface area contributed by atoms with Gasteiger partial charge in [-0.15, -0.1) is 13.2 Å². The molecule has 0 spiro atoms. The molecule has 0 aliphatic heterocycles. The molecule has 0 bridgehead atoms. The minimum Gasteiger partial charge on any atom is -0.481 e. The van der Waals surface area contributed by atoms with Gasteiger partial charge in [0.05, 0.1) is 5.92 Å². The summed E-state index contributed by atoms with van der Waals surface area (Å²) in [5, 5.41) is 9.38. The van der Waals surface area contributed by atoms with E-state index in [1.54, 1.807) is 0 Å². The Hall–Kier alpha value is -2.50. The number of carboxylic acids is 1. The summed E-state index contributed by atoms with van der Waals surface area (Å²) in [5.74, 6) is -1.75. The maximum atomic E-state index is 12.2. The van der Waals surface area contributed by atoms with Crippen LogP contribution in [0.25, 0.3) is 0 Å². The zero-order chi connectivity index (χ0) is 19.0. The fourth-order valence-corrected chi connectivity index (χ4v) is 2.79. The molecule has 2 aromatic rings. The van der Waals surface area contributed by atoms with Crippen molar-refractivity contribution in [2.24, 2.45) is 5.92 Å². The molecule has 1 N–H and O–H groups in total. The molecule has 2 aromatic carbocycles. The van der Waals surface area contributed by atoms with Gasteiger partial charge in [0, 0.05) is 0 Å². The third kappa shape index (κ3) is 7.17. The minimum atomic E-state index is -4.73. The topological polar surface area (TPSA) is 46.5 Å². The van der Waals surface area contributed by atoms with E-state index in [4.69, 9.17) is 0 Å². The summed E-state index contributed by atoms with van der Waals surface area (Å²) in [6.07, 6.45) is -1.34. The monoisotopic (exact) mass is 366 g/mol. The SMILES string of the molecule is O=C(O)C(CCCCc1ccccc1)Cc1ccc(OC(F)(F)F)cc1. The van der Waals surface area contributed by atoms with Gasteiger partial charge in [-0.1, -0.05) is 48.9 Å². The first-order chi connectivity index (χ1) is 12.3. The smallest absolute Gasteiger partial charge is 0.481 e. The fourth-order valence-electron chi connectivity index (χ4n) is 2.79. The summed E-state index contributed by atoms with van der Waals surface area (Å²) in [7, 11) is 0. The highest BCUT2D eigenvalue weighted by Crippen LogP contribution is 2.24. The molecule has 0 radical (unpaired) electrons. The van der Waals surface area contributed by atoms with Crippen LogP contribution in [0, 0.1) is 5.92 Å². The number of aryl methyl sites for hydroxylation is 1. The van der Waals surface area contributed by atoms with E-state index in [0.717, 1.165) is 19.3 Å². The van der Waals surface area contributed by atoms with E-state index in [1.807, 2.05) is 30.3 Å². The van der Waals surface area contributed by atoms with Crippen LogP contribution in [-0.4, -0.2) is 17.4 Å². The zero-order valence-electron chi connectivity index (χ0n) is 14.2. The average Bonchev–Trinajstić information content (AvgIpc) is 2.58. The Morgan fingerprint density at radius 1 is 0.962 bits per heavy atom. The Bertz CT molecular complexity index is 682. The summed E-state index contributed by atoms with van der Waals surface area (Å²) in [4.78, 5) is 11.4. The normalized spacial score (nSPS) is 12.6. The van der Waals surface area contributed by atoms with Gasteiger partial charge in [0.15, 0.2) is 0 Å². The van der Waals surface area contributed by atoms with E-state index < -0.39 is 18.2 Å². The lowest BCUT2D eigenvalue weighted by Gasteiger charge is -2.13. The highest BCUT2D eigenvalue weighted by Gasteiger charge is 2.31. The van der Waals surface area contributed by atoms with Crippen molar-refractivity contribution in [3.8, 4) is 5.75 Å². The molecule has 1 atom stereocenters. The molecule has 0 saturated carbocycles. The first-order valence-electron chi connectivity index (χ1n) is 8.45. The van der Waals surface area contributed by atoms with Crippen LogP contribution in [0.5, 0.6) is 5.75 Å². The van der Waals surface area contributed by atoms with Gasteiger partial charge in [-0.3, -0.25) is 4.79 Å². The van der Waals surface area contributed by atoms with E-state index in [2.05, 4.69) is 4.74 Å². The standard InChI is InChI=1S/C20H21F3O3/c21-20(22,23)26-18-12-10-16(11-13-18)14-17(19(24)25)9-5-4-8-15-6-2-1-3-7-15/h1-3,6-7,10-13,17H,4-5,8-9,14H2,(H,24,25). The first kappa shape index (κ1) is 19.8. The van der Waals surface area contributed by atoms with Gasteiger partial charge < -0.3 is 9.84 Å². The number of benzene rings is 2. The van der Waals surface area contributed by atoms with Crippen molar-refractivity contribution in [2.45, 2.75) is 38.5 Å². The summed E-state index contributed by atoms with van der Waals surface area (Å²) in [6.45, 7) is 0. The molecule has 0 aliphatic rings. The summed E-state index contributed by atoms with van der Waals surface area (Å²) >= 11 is 0. The van der Waals surface area contributed by atoms with Crippen LogP contribution in [0.15, 0.2) is 54.6 Å². The summed E-state index contributed by atoms with van der Waals surface area (Å²) in [6, 6.07) is 15.3. The molecule has 0 heterocycles. The maximum absolute atomic E-state index is 12.2. The van der Waals surface area contributed by atoms with Crippen LogP contribution in [0.4, 0.5) is 13.2 Å². The lowest BCUT2D eigenvalue weighted by molar-refractivity contribution is -0.274. The first-order valence-corrected chi connectivity index (χ1v) is 8.45. The minimum absolute atomic E-state index is 0.285. The Kier molecular flexibility index (Phi) is 7.06. The van der Waals surface area contributed by atoms with Gasteiger partial charge >= 0.3 is 12.3 Å². The number of rotatable bonds is 9. The van der Waals surface area contributed by atoms with Crippen LogP contribution >= 0.6 is 0 Å². The molecule has 0 fully saturated rings. The van der Waals surface area contributed by atoms with Gasteiger partial charge in [0.25, 0.3) is 0 Å². The van der Waals surface area contributed by atoms with Crippen LogP contribution in [0.1, 0.15) is 30.4 Å². The van der Waals surface area contributed by atoms with Gasteiger partial charge in [-0.05, 0) is 48.9 Å². The molecule has 1 unspecified atom stereocenters. The highest BCUT2D eigenvalue weighted by molar-refractivity contribution is 5.70. The molecule has 2 rings (SSSR count). The van der Waals surface area contributed by atoms with Crippen molar-refractivity contribution in [1.29, 1.82) is 0 Å². The van der Waals surface area contributed by atoms with Crippen molar-refractivity contribution in [3.63, 3.8) is 0 Å². The molecule has 0 saturated heterocycles. The van der Waals surface area contributed by atoms with Crippen LogP contribution in [0.3, 0.4) is 0 Å². The lowest BCUT2D eigenvalue weighted by atomic mass is 9.93.